The molecular formula is C33H24F6N2O2Si. The van der Waals surface area contributed by atoms with E-state index >= 15 is 8.78 Å². The summed E-state index contributed by atoms with van der Waals surface area (Å²) in [4.78, 5) is 13.0. The molecule has 1 aliphatic carbocycles. The zero-order valence-corrected chi connectivity index (χ0v) is 24.3. The predicted octanol–water partition coefficient (Wildman–Crippen LogP) is 3.93. The fourth-order valence-electron chi connectivity index (χ4n) is 6.68. The number of benzene rings is 3. The number of alkyl halides is 4. The van der Waals surface area contributed by atoms with Crippen molar-refractivity contribution in [2.45, 2.75) is 18.4 Å². The van der Waals surface area contributed by atoms with E-state index in [0.717, 1.165) is 5.19 Å². The summed E-state index contributed by atoms with van der Waals surface area (Å²) >= 11 is 0. The summed E-state index contributed by atoms with van der Waals surface area (Å²) in [6, 6.07) is 16.0. The summed E-state index contributed by atoms with van der Waals surface area (Å²) in [5.74, 6) is -9.62. The van der Waals surface area contributed by atoms with Crippen LogP contribution in [0.25, 0.3) is 5.57 Å². The minimum absolute atomic E-state index is 0.164. The Kier molecular flexibility index (Phi) is 6.17. The molecule has 2 fully saturated rings. The first-order chi connectivity index (χ1) is 20.8. The molecular weight excluding hydrogens is 598 g/mol. The monoisotopic (exact) mass is 622 g/mol. The summed E-state index contributed by atoms with van der Waals surface area (Å²) < 4.78 is 88.5. The van der Waals surface area contributed by atoms with Crippen LogP contribution in [0.15, 0.2) is 89.7 Å². The average molecular weight is 623 g/mol. The first-order valence-electron chi connectivity index (χ1n) is 14.0. The molecule has 7 rings (SSSR count). The molecule has 1 unspecified atom stereocenters. The molecule has 224 valence electrons. The summed E-state index contributed by atoms with van der Waals surface area (Å²) in [6.45, 7) is 0.174. The number of carbonyl (C=O) groups excluding carboxylic acids is 1. The fourth-order valence-corrected chi connectivity index (χ4v) is 10.8. The molecule has 2 saturated heterocycles. The Morgan fingerprint density at radius 3 is 2.16 bits per heavy atom. The number of nitrogens with zero attached hydrogens (tertiary/aromatic N) is 2. The maximum absolute atomic E-state index is 15.7. The van der Waals surface area contributed by atoms with Gasteiger partial charge in [-0.05, 0) is 57.0 Å². The smallest absolute Gasteiger partial charge is 0.361 e. The lowest BCUT2D eigenvalue weighted by Gasteiger charge is -2.43. The Morgan fingerprint density at radius 1 is 0.909 bits per heavy atom. The van der Waals surface area contributed by atoms with Crippen LogP contribution >= 0.6 is 0 Å². The third-order valence-electron chi connectivity index (χ3n) is 8.92. The highest BCUT2D eigenvalue weighted by atomic mass is 28.3. The van der Waals surface area contributed by atoms with Crippen LogP contribution in [-0.4, -0.2) is 62.4 Å². The van der Waals surface area contributed by atoms with Crippen LogP contribution in [0.3, 0.4) is 0 Å². The van der Waals surface area contributed by atoms with Gasteiger partial charge in [0, 0.05) is 29.0 Å². The van der Waals surface area contributed by atoms with E-state index < -0.39 is 74.8 Å². The van der Waals surface area contributed by atoms with Crippen molar-refractivity contribution in [1.29, 1.82) is 0 Å². The van der Waals surface area contributed by atoms with Gasteiger partial charge < -0.3 is 14.8 Å². The molecule has 0 bridgehead atoms. The van der Waals surface area contributed by atoms with Crippen molar-refractivity contribution < 1.29 is 40.8 Å². The number of fused-ring (bicyclic) bond motifs is 2. The number of halogens is 6. The SMILES string of the molecule is C[Si]1(c2ccccc2)C2=CC(=[N+]3CC(F)(F)C3)C=CC2=C(c2c(F)cc(C(=O)[O-])cc2F)c2ccc(N3CC(F)(F)C3)cc21. The zero-order valence-electron chi connectivity index (χ0n) is 23.3. The largest absolute Gasteiger partial charge is 0.545 e. The summed E-state index contributed by atoms with van der Waals surface area (Å²) in [5, 5.41) is 13.8. The lowest BCUT2D eigenvalue weighted by atomic mass is 9.88. The lowest BCUT2D eigenvalue weighted by Crippen LogP contribution is -2.62. The molecule has 0 radical (unpaired) electrons. The molecule has 44 heavy (non-hydrogen) atoms. The molecule has 0 saturated carbocycles. The maximum atomic E-state index is 15.7. The Balaban J connectivity index is 1.54. The topological polar surface area (TPSA) is 46.4 Å². The minimum Gasteiger partial charge on any atom is -0.545 e. The van der Waals surface area contributed by atoms with Gasteiger partial charge in [0.2, 0.25) is 13.1 Å². The third kappa shape index (κ3) is 4.35. The van der Waals surface area contributed by atoms with Crippen molar-refractivity contribution in [2.75, 3.05) is 31.1 Å². The zero-order chi connectivity index (χ0) is 31.2. The molecule has 0 aromatic heterocycles. The highest BCUT2D eigenvalue weighted by molar-refractivity contribution is 7.08. The van der Waals surface area contributed by atoms with E-state index in [1.807, 2.05) is 36.9 Å². The van der Waals surface area contributed by atoms with E-state index in [4.69, 9.17) is 0 Å². The van der Waals surface area contributed by atoms with E-state index in [9.17, 15) is 27.5 Å². The van der Waals surface area contributed by atoms with Gasteiger partial charge in [-0.2, -0.15) is 8.78 Å². The van der Waals surface area contributed by atoms with Crippen molar-refractivity contribution in [3.63, 3.8) is 0 Å². The van der Waals surface area contributed by atoms with Crippen LogP contribution < -0.4 is 20.4 Å². The van der Waals surface area contributed by atoms with Gasteiger partial charge in [0.25, 0.3) is 5.92 Å². The molecule has 4 aliphatic rings. The van der Waals surface area contributed by atoms with Gasteiger partial charge in [-0.25, -0.2) is 22.1 Å². The maximum Gasteiger partial charge on any atom is 0.361 e. The summed E-state index contributed by atoms with van der Waals surface area (Å²) in [7, 11) is -3.09. The van der Waals surface area contributed by atoms with Gasteiger partial charge in [0.05, 0.1) is 24.6 Å². The second kappa shape index (κ2) is 9.56. The van der Waals surface area contributed by atoms with E-state index in [1.165, 1.54) is 9.48 Å². The van der Waals surface area contributed by atoms with Crippen molar-refractivity contribution in [1.82, 2.24) is 0 Å². The Morgan fingerprint density at radius 2 is 1.57 bits per heavy atom. The average Bonchev–Trinajstić information content (AvgIpc) is 2.95. The number of allylic oxidation sites excluding steroid dienone is 5. The number of hydrogen-bond donors (Lipinski definition) is 0. The standard InChI is InChI=1S/C33H24F6N2O2Si/c1-44(22-5-3-2-4-6-22)27-13-20(40-15-32(36,37)16-40)7-9-23(27)29(30-25(34)11-19(31(42)43)12-26(30)35)24-10-8-21(14-28(24)44)41-17-33(38,39)18-41/h2-14H,15-18H2,1H3. The molecule has 3 heterocycles. The highest BCUT2D eigenvalue weighted by Crippen LogP contribution is 2.44. The Labute approximate surface area is 249 Å². The molecule has 0 spiro atoms. The molecule has 3 aromatic carbocycles. The van der Waals surface area contributed by atoms with Gasteiger partial charge >= 0.3 is 5.92 Å². The van der Waals surface area contributed by atoms with Crippen molar-refractivity contribution in [2.24, 2.45) is 0 Å². The van der Waals surface area contributed by atoms with Crippen molar-refractivity contribution in [3.05, 3.63) is 118 Å². The Bertz CT molecular complexity index is 1860. The van der Waals surface area contributed by atoms with Crippen LogP contribution in [0.1, 0.15) is 21.5 Å². The number of anilines is 1. The van der Waals surface area contributed by atoms with Crippen molar-refractivity contribution >= 4 is 41.4 Å². The first kappa shape index (κ1) is 28.4. The third-order valence-corrected chi connectivity index (χ3v) is 13.4. The van der Waals surface area contributed by atoms with Gasteiger partial charge in [0.15, 0.2) is 5.71 Å². The number of carboxylic acid groups (broad SMARTS) is 1. The normalized spacial score (nSPS) is 23.0. The predicted molar refractivity (Wildman–Crippen MR) is 155 cm³/mol. The number of carbonyl (C=O) groups is 1. The number of carboxylic acids is 1. The summed E-state index contributed by atoms with van der Waals surface area (Å²) in [5.41, 5.74) is 1.07. The van der Waals surface area contributed by atoms with Gasteiger partial charge in [-0.1, -0.05) is 42.9 Å². The number of hydrogen-bond acceptors (Lipinski definition) is 3. The number of rotatable bonds is 4. The van der Waals surface area contributed by atoms with Gasteiger partial charge in [0.1, 0.15) is 19.7 Å². The van der Waals surface area contributed by atoms with Crippen LogP contribution in [-0.2, 0) is 0 Å². The molecule has 3 aliphatic heterocycles. The molecule has 3 aromatic rings. The Hall–Kier alpha value is -4.38. The molecule has 11 heteroatoms. The first-order valence-corrected chi connectivity index (χ1v) is 16.5. The van der Waals surface area contributed by atoms with Crippen LogP contribution in [0.5, 0.6) is 0 Å². The minimum atomic E-state index is -3.09. The molecule has 0 N–H and O–H groups in total. The molecule has 0 amide bonds. The van der Waals surface area contributed by atoms with Crippen molar-refractivity contribution in [3.8, 4) is 0 Å². The quantitative estimate of drug-likeness (QED) is 0.252. The fraction of sp³-hybridized carbons (Fsp3) is 0.212. The summed E-state index contributed by atoms with van der Waals surface area (Å²) in [6.07, 6.45) is 5.10. The lowest BCUT2D eigenvalue weighted by molar-refractivity contribution is -0.638. The van der Waals surface area contributed by atoms with Crippen LogP contribution in [0.4, 0.5) is 32.0 Å². The van der Waals surface area contributed by atoms with E-state index in [1.54, 1.807) is 36.4 Å². The van der Waals surface area contributed by atoms with Gasteiger partial charge in [-0.3, -0.25) is 0 Å². The van der Waals surface area contributed by atoms with Crippen LogP contribution in [0.2, 0.25) is 6.55 Å². The number of aromatic carboxylic acids is 1. The molecule has 1 atom stereocenters. The van der Waals surface area contributed by atoms with Crippen LogP contribution in [0, 0.1) is 11.6 Å². The van der Waals surface area contributed by atoms with Gasteiger partial charge in [-0.15, -0.1) is 0 Å². The van der Waals surface area contributed by atoms with E-state index in [0.29, 0.717) is 45.1 Å². The highest BCUT2D eigenvalue weighted by Gasteiger charge is 2.52. The second-order valence-corrected chi connectivity index (χ2v) is 15.8. The second-order valence-electron chi connectivity index (χ2n) is 11.9. The molecule has 4 nitrogen and oxygen atoms in total. The van der Waals surface area contributed by atoms with E-state index in [2.05, 4.69) is 0 Å². The van der Waals surface area contributed by atoms with E-state index in [-0.39, 0.29) is 5.57 Å².